The molecule has 1 aromatic heterocycles. The molecule has 1 aromatic carbocycles. The molecule has 0 aliphatic heterocycles. The van der Waals surface area contributed by atoms with Crippen LogP contribution in [-0.4, -0.2) is 40.2 Å². The van der Waals surface area contributed by atoms with Crippen molar-refractivity contribution < 1.29 is 9.84 Å². The molecule has 0 atom stereocenters. The van der Waals surface area contributed by atoms with E-state index in [1.165, 1.54) is 5.56 Å². The third-order valence-electron chi connectivity index (χ3n) is 2.62. The number of hydrogen-bond acceptors (Lipinski definition) is 5. The molecule has 1 N–H and O–H groups in total. The van der Waals surface area contributed by atoms with Gasteiger partial charge >= 0.3 is 0 Å². The largest absolute Gasteiger partial charge is 0.438 e. The van der Waals surface area contributed by atoms with Crippen molar-refractivity contribution in [3.05, 3.63) is 48.4 Å². The van der Waals surface area contributed by atoms with Crippen molar-refractivity contribution in [1.82, 2.24) is 14.9 Å². The second-order valence-electron chi connectivity index (χ2n) is 4.25. The minimum absolute atomic E-state index is 0.171. The lowest BCUT2D eigenvalue weighted by molar-refractivity contribution is 0.217. The van der Waals surface area contributed by atoms with Gasteiger partial charge in [0.15, 0.2) is 0 Å². The Balaban J connectivity index is 1.95. The van der Waals surface area contributed by atoms with Crippen molar-refractivity contribution in [3.63, 3.8) is 0 Å². The molecule has 100 valence electrons. The normalized spacial score (nSPS) is 10.7. The summed E-state index contributed by atoms with van der Waals surface area (Å²) in [6.07, 6.45) is 4.77. The molecule has 0 aliphatic rings. The summed E-state index contributed by atoms with van der Waals surface area (Å²) >= 11 is 0. The van der Waals surface area contributed by atoms with Crippen LogP contribution in [0.25, 0.3) is 0 Å². The quantitative estimate of drug-likeness (QED) is 0.855. The van der Waals surface area contributed by atoms with Crippen LogP contribution in [0.4, 0.5) is 0 Å². The van der Waals surface area contributed by atoms with Crippen molar-refractivity contribution in [2.24, 2.45) is 0 Å². The van der Waals surface area contributed by atoms with Gasteiger partial charge in [-0.2, -0.15) is 0 Å². The lowest BCUT2D eigenvalue weighted by Gasteiger charge is -2.15. The molecular formula is C14H17N3O2. The van der Waals surface area contributed by atoms with E-state index in [-0.39, 0.29) is 6.61 Å². The van der Waals surface area contributed by atoms with Crippen molar-refractivity contribution in [2.75, 3.05) is 20.2 Å². The van der Waals surface area contributed by atoms with E-state index in [0.29, 0.717) is 12.4 Å². The number of ether oxygens (including phenoxy) is 1. The van der Waals surface area contributed by atoms with Crippen molar-refractivity contribution >= 4 is 0 Å². The predicted octanol–water partition coefficient (Wildman–Crippen LogP) is 1.69. The van der Waals surface area contributed by atoms with Crippen LogP contribution in [0.5, 0.6) is 11.6 Å². The van der Waals surface area contributed by atoms with Crippen LogP contribution in [-0.2, 0) is 6.54 Å². The van der Waals surface area contributed by atoms with E-state index in [1.807, 2.05) is 31.3 Å². The number of nitrogens with zero attached hydrogens (tertiary/aromatic N) is 3. The van der Waals surface area contributed by atoms with E-state index in [9.17, 15) is 0 Å². The van der Waals surface area contributed by atoms with Gasteiger partial charge in [0.25, 0.3) is 0 Å². The number of hydrogen-bond donors (Lipinski definition) is 1. The lowest BCUT2D eigenvalue weighted by Crippen LogP contribution is -2.21. The smallest absolute Gasteiger partial charge is 0.237 e. The highest BCUT2D eigenvalue weighted by Crippen LogP contribution is 2.19. The van der Waals surface area contributed by atoms with Gasteiger partial charge in [0.1, 0.15) is 5.75 Å². The summed E-state index contributed by atoms with van der Waals surface area (Å²) in [5, 5.41) is 8.85. The Morgan fingerprint density at radius 1 is 1.21 bits per heavy atom. The van der Waals surface area contributed by atoms with Crippen LogP contribution in [0.15, 0.2) is 42.9 Å². The summed E-state index contributed by atoms with van der Waals surface area (Å²) in [4.78, 5) is 10.0. The van der Waals surface area contributed by atoms with E-state index in [4.69, 9.17) is 9.84 Å². The standard InChI is InChI=1S/C14H17N3O2/c1-17(8-9-18)11-12-2-4-13(5-3-12)19-14-10-15-6-7-16-14/h2-7,10,18H,8-9,11H2,1H3. The van der Waals surface area contributed by atoms with Crippen molar-refractivity contribution in [3.8, 4) is 11.6 Å². The minimum atomic E-state index is 0.171. The van der Waals surface area contributed by atoms with Crippen LogP contribution in [0, 0.1) is 0 Å². The molecule has 0 saturated heterocycles. The molecule has 0 unspecified atom stereocenters. The highest BCUT2D eigenvalue weighted by atomic mass is 16.5. The number of aromatic nitrogens is 2. The first-order chi connectivity index (χ1) is 9.28. The maximum atomic E-state index is 8.85. The summed E-state index contributed by atoms with van der Waals surface area (Å²) in [6, 6.07) is 7.80. The summed E-state index contributed by atoms with van der Waals surface area (Å²) in [5.74, 6) is 1.21. The maximum absolute atomic E-state index is 8.85. The Bertz CT molecular complexity index is 488. The van der Waals surface area contributed by atoms with Gasteiger partial charge in [-0.15, -0.1) is 0 Å². The molecule has 0 saturated carbocycles. The Morgan fingerprint density at radius 3 is 2.63 bits per heavy atom. The van der Waals surface area contributed by atoms with Gasteiger partial charge in [0.2, 0.25) is 5.88 Å². The number of rotatable bonds is 6. The first-order valence-electron chi connectivity index (χ1n) is 6.10. The number of aliphatic hydroxyl groups excluding tert-OH is 1. The number of aliphatic hydroxyl groups is 1. The zero-order chi connectivity index (χ0) is 13.5. The second-order valence-corrected chi connectivity index (χ2v) is 4.25. The van der Waals surface area contributed by atoms with Crippen LogP contribution < -0.4 is 4.74 Å². The van der Waals surface area contributed by atoms with Gasteiger partial charge in [-0.05, 0) is 24.7 Å². The molecule has 0 aliphatic carbocycles. The van der Waals surface area contributed by atoms with E-state index in [1.54, 1.807) is 18.6 Å². The SMILES string of the molecule is CN(CCO)Cc1ccc(Oc2cnccn2)cc1. The minimum Gasteiger partial charge on any atom is -0.438 e. The molecule has 0 amide bonds. The summed E-state index contributed by atoms with van der Waals surface area (Å²) < 4.78 is 5.56. The molecule has 1 heterocycles. The second kappa shape index (κ2) is 6.82. The average Bonchev–Trinajstić information content (AvgIpc) is 2.42. The van der Waals surface area contributed by atoms with Crippen molar-refractivity contribution in [1.29, 1.82) is 0 Å². The van der Waals surface area contributed by atoms with E-state index >= 15 is 0 Å². The zero-order valence-corrected chi connectivity index (χ0v) is 10.9. The van der Waals surface area contributed by atoms with Crippen LogP contribution in [0.1, 0.15) is 5.56 Å². The summed E-state index contributed by atoms with van der Waals surface area (Å²) in [5.41, 5.74) is 1.17. The average molecular weight is 259 g/mol. The Hall–Kier alpha value is -1.98. The molecule has 2 aromatic rings. The van der Waals surface area contributed by atoms with E-state index in [2.05, 4.69) is 14.9 Å². The highest BCUT2D eigenvalue weighted by molar-refractivity contribution is 5.29. The Labute approximate surface area is 112 Å². The molecule has 2 rings (SSSR count). The fourth-order valence-electron chi connectivity index (χ4n) is 1.68. The molecular weight excluding hydrogens is 242 g/mol. The third kappa shape index (κ3) is 4.31. The van der Waals surface area contributed by atoms with E-state index < -0.39 is 0 Å². The monoisotopic (exact) mass is 259 g/mol. The fraction of sp³-hybridized carbons (Fsp3) is 0.286. The molecule has 5 heteroatoms. The number of likely N-dealkylation sites (N-methyl/N-ethyl adjacent to an activating group) is 1. The Morgan fingerprint density at radius 2 is 2.00 bits per heavy atom. The first-order valence-corrected chi connectivity index (χ1v) is 6.10. The van der Waals surface area contributed by atoms with Gasteiger partial charge in [-0.25, -0.2) is 4.98 Å². The summed E-state index contributed by atoms with van der Waals surface area (Å²) in [6.45, 7) is 1.63. The van der Waals surface area contributed by atoms with Crippen LogP contribution in [0.3, 0.4) is 0 Å². The highest BCUT2D eigenvalue weighted by Gasteiger charge is 2.01. The van der Waals surface area contributed by atoms with Gasteiger partial charge in [-0.3, -0.25) is 9.88 Å². The Kier molecular flexibility index (Phi) is 4.83. The van der Waals surface area contributed by atoms with Crippen molar-refractivity contribution in [2.45, 2.75) is 6.54 Å². The van der Waals surface area contributed by atoms with Gasteiger partial charge in [0.05, 0.1) is 12.8 Å². The topological polar surface area (TPSA) is 58.5 Å². The number of benzene rings is 1. The van der Waals surface area contributed by atoms with Gasteiger partial charge in [0, 0.05) is 25.5 Å². The van der Waals surface area contributed by atoms with Crippen LogP contribution >= 0.6 is 0 Å². The zero-order valence-electron chi connectivity index (χ0n) is 10.9. The molecule has 5 nitrogen and oxygen atoms in total. The maximum Gasteiger partial charge on any atom is 0.237 e. The molecule has 0 fully saturated rings. The molecule has 0 radical (unpaired) electrons. The lowest BCUT2D eigenvalue weighted by atomic mass is 10.2. The van der Waals surface area contributed by atoms with Gasteiger partial charge < -0.3 is 9.84 Å². The van der Waals surface area contributed by atoms with Crippen LogP contribution in [0.2, 0.25) is 0 Å². The summed E-state index contributed by atoms with van der Waals surface area (Å²) in [7, 11) is 1.97. The van der Waals surface area contributed by atoms with Gasteiger partial charge in [-0.1, -0.05) is 12.1 Å². The predicted molar refractivity (Wildman–Crippen MR) is 72.0 cm³/mol. The molecule has 19 heavy (non-hydrogen) atoms. The fourth-order valence-corrected chi connectivity index (χ4v) is 1.68. The first kappa shape index (κ1) is 13.5. The molecule has 0 spiro atoms. The van der Waals surface area contributed by atoms with E-state index in [0.717, 1.165) is 12.3 Å². The third-order valence-corrected chi connectivity index (χ3v) is 2.62. The molecule has 0 bridgehead atoms.